The number of nitrogens with two attached hydrogens (primary N) is 1. The van der Waals surface area contributed by atoms with Gasteiger partial charge in [-0.2, -0.15) is 14.7 Å². The zero-order valence-electron chi connectivity index (χ0n) is 22.0. The van der Waals surface area contributed by atoms with Crippen LogP contribution in [0, 0.1) is 6.92 Å². The van der Waals surface area contributed by atoms with E-state index in [0.29, 0.717) is 35.6 Å². The number of aromatic nitrogens is 9. The minimum atomic E-state index is -0.160. The Morgan fingerprint density at radius 2 is 1.88 bits per heavy atom. The zero-order valence-corrected chi connectivity index (χ0v) is 22.0. The Morgan fingerprint density at radius 3 is 2.50 bits per heavy atom. The fourth-order valence-corrected chi connectivity index (χ4v) is 6.28. The second-order valence-electron chi connectivity index (χ2n) is 10.6. The first-order valence-electron chi connectivity index (χ1n) is 13.2. The van der Waals surface area contributed by atoms with Crippen LogP contribution in [-0.4, -0.2) is 73.2 Å². The van der Waals surface area contributed by atoms with E-state index >= 15 is 0 Å². The van der Waals surface area contributed by atoms with Gasteiger partial charge in [0.25, 0.3) is 5.91 Å². The quantitative estimate of drug-likeness (QED) is 0.321. The van der Waals surface area contributed by atoms with E-state index in [4.69, 9.17) is 10.7 Å². The molecule has 0 radical (unpaired) electrons. The Labute approximate surface area is 228 Å². The van der Waals surface area contributed by atoms with Crippen molar-refractivity contribution in [3.05, 3.63) is 65.9 Å². The predicted molar refractivity (Wildman–Crippen MR) is 144 cm³/mol. The first-order valence-corrected chi connectivity index (χ1v) is 13.2. The van der Waals surface area contributed by atoms with E-state index in [2.05, 4.69) is 30.4 Å². The fraction of sp³-hybridized carbons (Fsp3) is 0.333. The van der Waals surface area contributed by atoms with Crippen molar-refractivity contribution in [1.29, 1.82) is 0 Å². The first-order chi connectivity index (χ1) is 19.4. The van der Waals surface area contributed by atoms with Gasteiger partial charge in [-0.3, -0.25) is 9.59 Å². The topological polar surface area (TPSA) is 166 Å². The lowest BCUT2D eigenvalue weighted by Crippen LogP contribution is -2.46. The van der Waals surface area contributed by atoms with E-state index in [1.54, 1.807) is 23.3 Å². The molecule has 5 aromatic rings. The number of nitrogens with one attached hydrogen (secondary N) is 1. The molecule has 2 saturated heterocycles. The van der Waals surface area contributed by atoms with Gasteiger partial charge in [-0.15, -0.1) is 10.2 Å². The number of hydrogen-bond donors (Lipinski definition) is 2. The number of ketones is 1. The summed E-state index contributed by atoms with van der Waals surface area (Å²) in [5.41, 5.74) is 10.8. The third kappa shape index (κ3) is 3.76. The molecule has 13 heteroatoms. The summed E-state index contributed by atoms with van der Waals surface area (Å²) >= 11 is 0. The number of hydrogen-bond acceptors (Lipinski definition) is 9. The molecule has 2 aliphatic heterocycles. The van der Waals surface area contributed by atoms with E-state index in [0.717, 1.165) is 29.5 Å². The van der Waals surface area contributed by atoms with Gasteiger partial charge >= 0.3 is 0 Å². The molecule has 0 spiro atoms. The minimum absolute atomic E-state index is 0.0208. The second kappa shape index (κ2) is 9.07. The van der Waals surface area contributed by atoms with Crippen LogP contribution in [0.2, 0.25) is 0 Å². The van der Waals surface area contributed by atoms with Crippen LogP contribution in [0.25, 0.3) is 22.6 Å². The van der Waals surface area contributed by atoms with Crippen molar-refractivity contribution in [2.75, 3.05) is 5.73 Å². The van der Waals surface area contributed by atoms with Gasteiger partial charge in [-0.05, 0) is 57.2 Å². The van der Waals surface area contributed by atoms with Gasteiger partial charge in [0.05, 0.1) is 23.7 Å². The molecule has 0 aliphatic carbocycles. The zero-order chi connectivity index (χ0) is 27.5. The molecule has 2 aliphatic rings. The third-order valence-corrected chi connectivity index (χ3v) is 8.04. The lowest BCUT2D eigenvalue weighted by molar-refractivity contribution is 0.0556. The molecule has 40 heavy (non-hydrogen) atoms. The molecule has 7 rings (SSSR count). The van der Waals surface area contributed by atoms with Gasteiger partial charge in [0.1, 0.15) is 12.1 Å². The van der Waals surface area contributed by atoms with Crippen LogP contribution in [-0.2, 0) is 0 Å². The Bertz CT molecular complexity index is 1740. The SMILES string of the molecule is CC(=O)c1c([C@H]2C[C@H]3CC[C@@H](C2)N3C(=O)c2nnc[nH]2)nc2c(-c3ccc(-n4cc(C)cn4)nc3)cnn2c1N. The van der Waals surface area contributed by atoms with E-state index in [-0.39, 0.29) is 41.3 Å². The Hall–Kier alpha value is -4.94. The highest BCUT2D eigenvalue weighted by atomic mass is 16.2. The standard InChI is InChI=1S/C27H27N11O2/c1-14-9-32-36(12-14)21-6-3-16(10-29-21)20-11-33-38-24(28)22(15(2)39)23(34-26(20)38)17-7-18-4-5-19(8-17)37(18)27(40)25-30-13-31-35-25/h3,6,9-13,17-19H,4-5,7-8,28H2,1-2H3,(H,30,31,35)/t17-,18+,19-. The number of piperidine rings is 1. The number of pyridine rings is 1. The molecule has 7 heterocycles. The average Bonchev–Trinajstić information content (AvgIpc) is 3.75. The van der Waals surface area contributed by atoms with Crippen molar-refractivity contribution in [2.45, 2.75) is 57.5 Å². The van der Waals surface area contributed by atoms with Crippen molar-refractivity contribution in [2.24, 2.45) is 0 Å². The van der Waals surface area contributed by atoms with Crippen molar-refractivity contribution in [1.82, 2.24) is 49.4 Å². The van der Waals surface area contributed by atoms with Crippen molar-refractivity contribution >= 4 is 23.2 Å². The maximum absolute atomic E-state index is 13.1. The second-order valence-corrected chi connectivity index (χ2v) is 10.6. The number of Topliss-reactive ketones (excluding diaryl/α,β-unsaturated/α-hetero) is 1. The molecule has 0 unspecified atom stereocenters. The molecular formula is C27H27N11O2. The summed E-state index contributed by atoms with van der Waals surface area (Å²) in [6.45, 7) is 3.48. The van der Waals surface area contributed by atoms with Crippen LogP contribution in [0.4, 0.5) is 5.82 Å². The van der Waals surface area contributed by atoms with Gasteiger partial charge in [0, 0.05) is 41.5 Å². The third-order valence-electron chi connectivity index (χ3n) is 8.04. The number of carbonyl (C=O) groups is 2. The van der Waals surface area contributed by atoms with Crippen LogP contribution in [0.5, 0.6) is 0 Å². The highest BCUT2D eigenvalue weighted by molar-refractivity contribution is 6.00. The molecular weight excluding hydrogens is 510 g/mol. The monoisotopic (exact) mass is 537 g/mol. The summed E-state index contributed by atoms with van der Waals surface area (Å²) in [4.78, 5) is 40.4. The number of H-pyrrole nitrogens is 1. The number of carbonyl (C=O) groups excluding carboxylic acids is 2. The van der Waals surface area contributed by atoms with Gasteiger partial charge in [-0.25, -0.2) is 14.6 Å². The molecule has 0 aromatic carbocycles. The number of anilines is 1. The summed E-state index contributed by atoms with van der Waals surface area (Å²) in [7, 11) is 0. The number of aryl methyl sites for hydroxylation is 1. The Balaban J connectivity index is 1.26. The van der Waals surface area contributed by atoms with E-state index in [1.807, 2.05) is 30.2 Å². The van der Waals surface area contributed by atoms with Gasteiger partial charge in [-0.1, -0.05) is 0 Å². The summed E-state index contributed by atoms with van der Waals surface area (Å²) < 4.78 is 3.24. The molecule has 5 aromatic heterocycles. The van der Waals surface area contributed by atoms with Crippen LogP contribution in [0.1, 0.15) is 70.8 Å². The molecule has 2 fully saturated rings. The number of amides is 1. The van der Waals surface area contributed by atoms with Gasteiger partial charge in [0.15, 0.2) is 17.2 Å². The molecule has 3 atom stereocenters. The summed E-state index contributed by atoms with van der Waals surface area (Å²) in [6.07, 6.45) is 11.7. The number of nitrogen functional groups attached to an aromatic ring is 1. The minimum Gasteiger partial charge on any atom is -0.383 e. The van der Waals surface area contributed by atoms with Crippen molar-refractivity contribution in [3.63, 3.8) is 0 Å². The molecule has 13 nitrogen and oxygen atoms in total. The van der Waals surface area contributed by atoms with Gasteiger partial charge < -0.3 is 15.6 Å². The molecule has 202 valence electrons. The number of rotatable bonds is 5. The summed E-state index contributed by atoms with van der Waals surface area (Å²) in [6, 6.07) is 3.87. The normalized spacial score (nSPS) is 20.4. The highest BCUT2D eigenvalue weighted by Gasteiger charge is 2.45. The maximum Gasteiger partial charge on any atom is 0.292 e. The lowest BCUT2D eigenvalue weighted by atomic mass is 9.85. The van der Waals surface area contributed by atoms with Gasteiger partial charge in [0.2, 0.25) is 5.82 Å². The van der Waals surface area contributed by atoms with Crippen LogP contribution < -0.4 is 5.73 Å². The van der Waals surface area contributed by atoms with Crippen LogP contribution >= 0.6 is 0 Å². The lowest BCUT2D eigenvalue weighted by Gasteiger charge is -2.38. The van der Waals surface area contributed by atoms with Crippen LogP contribution in [0.15, 0.2) is 43.2 Å². The Kier molecular flexibility index (Phi) is 5.47. The highest BCUT2D eigenvalue weighted by Crippen LogP contribution is 2.45. The van der Waals surface area contributed by atoms with E-state index < -0.39 is 0 Å². The maximum atomic E-state index is 13.1. The predicted octanol–water partition coefficient (Wildman–Crippen LogP) is 2.74. The fourth-order valence-electron chi connectivity index (χ4n) is 6.28. The smallest absolute Gasteiger partial charge is 0.292 e. The summed E-state index contributed by atoms with van der Waals surface area (Å²) in [5, 5.41) is 16.5. The molecule has 1 amide bonds. The average molecular weight is 538 g/mol. The molecule has 2 bridgehead atoms. The largest absolute Gasteiger partial charge is 0.383 e. The summed E-state index contributed by atoms with van der Waals surface area (Å²) in [5.74, 6) is 0.873. The van der Waals surface area contributed by atoms with E-state index in [1.165, 1.54) is 17.8 Å². The number of aromatic amines is 1. The first kappa shape index (κ1) is 24.1. The van der Waals surface area contributed by atoms with Crippen molar-refractivity contribution < 1.29 is 9.59 Å². The van der Waals surface area contributed by atoms with E-state index in [9.17, 15) is 9.59 Å². The number of nitrogens with zero attached hydrogens (tertiary/aromatic N) is 9. The molecule has 0 saturated carbocycles. The number of fused-ring (bicyclic) bond motifs is 3. The Morgan fingerprint density at radius 1 is 1.07 bits per heavy atom. The molecule has 3 N–H and O–H groups in total. The van der Waals surface area contributed by atoms with Crippen molar-refractivity contribution in [3.8, 4) is 16.9 Å². The van der Waals surface area contributed by atoms with Crippen LogP contribution in [0.3, 0.4) is 0 Å².